The van der Waals surface area contributed by atoms with E-state index in [2.05, 4.69) is 32.9 Å². The summed E-state index contributed by atoms with van der Waals surface area (Å²) in [6, 6.07) is 4.33. The fraction of sp³-hybridized carbons (Fsp3) is 0.571. The molecule has 0 aromatic heterocycles. The zero-order valence-electron chi connectivity index (χ0n) is 9.97. The Labute approximate surface area is 92.5 Å². The summed E-state index contributed by atoms with van der Waals surface area (Å²) in [4.78, 5) is 0. The maximum atomic E-state index is 6.12. The van der Waals surface area contributed by atoms with Crippen LogP contribution in [0.15, 0.2) is 12.1 Å². The highest BCUT2D eigenvalue weighted by molar-refractivity contribution is 5.44. The summed E-state index contributed by atoms with van der Waals surface area (Å²) in [6.45, 7) is 6.44. The summed E-state index contributed by atoms with van der Waals surface area (Å²) >= 11 is 0. The van der Waals surface area contributed by atoms with Gasteiger partial charge < -0.3 is 4.74 Å². The molecule has 2 rings (SSSR count). The number of hydrogen-bond acceptors (Lipinski definition) is 1. The van der Waals surface area contributed by atoms with E-state index in [-0.39, 0.29) is 0 Å². The predicted molar refractivity (Wildman–Crippen MR) is 63.5 cm³/mol. The number of hydrogen-bond donors (Lipinski definition) is 0. The third kappa shape index (κ3) is 2.17. The normalized spacial score (nSPS) is 17.0. The molecule has 82 valence electrons. The minimum atomic E-state index is 0.462. The Morgan fingerprint density at radius 3 is 2.27 bits per heavy atom. The lowest BCUT2D eigenvalue weighted by Crippen LogP contribution is -2.12. The van der Waals surface area contributed by atoms with Crippen LogP contribution in [0.5, 0.6) is 5.75 Å². The molecule has 0 aliphatic heterocycles. The molecule has 0 spiro atoms. The standard InChI is InChI=1S/C14H20O/c1-10-8-9-11(2)14(12(10)3)15-13-6-4-5-7-13/h8-9,13H,4-7H2,1-3H3. The van der Waals surface area contributed by atoms with Gasteiger partial charge in [-0.2, -0.15) is 0 Å². The van der Waals surface area contributed by atoms with Gasteiger partial charge >= 0.3 is 0 Å². The third-order valence-electron chi connectivity index (χ3n) is 3.46. The highest BCUT2D eigenvalue weighted by Crippen LogP contribution is 2.30. The zero-order valence-corrected chi connectivity index (χ0v) is 9.97. The molecule has 0 unspecified atom stereocenters. The van der Waals surface area contributed by atoms with Crippen molar-refractivity contribution in [3.8, 4) is 5.75 Å². The fourth-order valence-corrected chi connectivity index (χ4v) is 2.28. The topological polar surface area (TPSA) is 9.23 Å². The lowest BCUT2D eigenvalue weighted by atomic mass is 10.1. The van der Waals surface area contributed by atoms with Crippen molar-refractivity contribution in [2.24, 2.45) is 0 Å². The first-order chi connectivity index (χ1) is 7.18. The number of benzene rings is 1. The first-order valence-electron chi connectivity index (χ1n) is 5.92. The van der Waals surface area contributed by atoms with Gasteiger partial charge in [-0.25, -0.2) is 0 Å². The SMILES string of the molecule is Cc1ccc(C)c(OC2CCCC2)c1C. The lowest BCUT2D eigenvalue weighted by Gasteiger charge is -2.18. The Morgan fingerprint density at radius 2 is 1.60 bits per heavy atom. The van der Waals surface area contributed by atoms with Gasteiger partial charge in [-0.3, -0.25) is 0 Å². The molecule has 1 aromatic rings. The van der Waals surface area contributed by atoms with E-state index in [1.807, 2.05) is 0 Å². The fourth-order valence-electron chi connectivity index (χ4n) is 2.28. The van der Waals surface area contributed by atoms with Crippen molar-refractivity contribution in [3.05, 3.63) is 28.8 Å². The zero-order chi connectivity index (χ0) is 10.8. The smallest absolute Gasteiger partial charge is 0.125 e. The van der Waals surface area contributed by atoms with Gasteiger partial charge in [0, 0.05) is 0 Å². The van der Waals surface area contributed by atoms with Crippen LogP contribution in [0.25, 0.3) is 0 Å². The first-order valence-corrected chi connectivity index (χ1v) is 5.92. The van der Waals surface area contributed by atoms with E-state index in [1.54, 1.807) is 0 Å². The Morgan fingerprint density at radius 1 is 1.00 bits per heavy atom. The van der Waals surface area contributed by atoms with Crippen molar-refractivity contribution in [1.82, 2.24) is 0 Å². The minimum absolute atomic E-state index is 0.462. The van der Waals surface area contributed by atoms with E-state index < -0.39 is 0 Å². The molecular formula is C14H20O. The summed E-state index contributed by atoms with van der Waals surface area (Å²) < 4.78 is 6.12. The van der Waals surface area contributed by atoms with Gasteiger partial charge in [-0.15, -0.1) is 0 Å². The molecule has 0 amide bonds. The molecule has 0 saturated heterocycles. The van der Waals surface area contributed by atoms with Gasteiger partial charge in [0.05, 0.1) is 6.10 Å². The Bertz CT molecular complexity index is 349. The third-order valence-corrected chi connectivity index (χ3v) is 3.46. The summed E-state index contributed by atoms with van der Waals surface area (Å²) in [5.41, 5.74) is 3.90. The Hall–Kier alpha value is -0.980. The van der Waals surface area contributed by atoms with E-state index in [0.29, 0.717) is 6.10 Å². The average molecular weight is 204 g/mol. The molecule has 0 heterocycles. The number of aryl methyl sites for hydroxylation is 2. The van der Waals surface area contributed by atoms with Gasteiger partial charge in [0.25, 0.3) is 0 Å². The van der Waals surface area contributed by atoms with Gasteiger partial charge in [0.2, 0.25) is 0 Å². The quantitative estimate of drug-likeness (QED) is 0.709. The van der Waals surface area contributed by atoms with Crippen LogP contribution in [-0.4, -0.2) is 6.10 Å². The van der Waals surface area contributed by atoms with Crippen LogP contribution in [-0.2, 0) is 0 Å². The molecule has 0 N–H and O–H groups in total. The molecule has 0 atom stereocenters. The van der Waals surface area contributed by atoms with Crippen molar-refractivity contribution >= 4 is 0 Å². The maximum absolute atomic E-state index is 6.12. The van der Waals surface area contributed by atoms with Crippen molar-refractivity contribution in [1.29, 1.82) is 0 Å². The molecule has 1 aliphatic rings. The van der Waals surface area contributed by atoms with Crippen molar-refractivity contribution in [2.45, 2.75) is 52.6 Å². The summed E-state index contributed by atoms with van der Waals surface area (Å²) in [5.74, 6) is 1.13. The Balaban J connectivity index is 2.22. The maximum Gasteiger partial charge on any atom is 0.125 e. The molecule has 1 saturated carbocycles. The molecule has 1 nitrogen and oxygen atoms in total. The highest BCUT2D eigenvalue weighted by Gasteiger charge is 2.18. The van der Waals surface area contributed by atoms with Crippen LogP contribution in [0.4, 0.5) is 0 Å². The monoisotopic (exact) mass is 204 g/mol. The highest BCUT2D eigenvalue weighted by atomic mass is 16.5. The van der Waals surface area contributed by atoms with Gasteiger partial charge in [-0.05, 0) is 63.1 Å². The van der Waals surface area contributed by atoms with Crippen molar-refractivity contribution in [2.75, 3.05) is 0 Å². The van der Waals surface area contributed by atoms with E-state index in [9.17, 15) is 0 Å². The molecule has 0 bridgehead atoms. The summed E-state index contributed by atoms with van der Waals surface area (Å²) in [6.07, 6.45) is 5.58. The second kappa shape index (κ2) is 4.26. The van der Waals surface area contributed by atoms with E-state index in [0.717, 1.165) is 5.75 Å². The van der Waals surface area contributed by atoms with Gasteiger partial charge in [-0.1, -0.05) is 12.1 Å². The molecule has 1 aliphatic carbocycles. The second-order valence-electron chi connectivity index (χ2n) is 4.68. The molecular weight excluding hydrogens is 184 g/mol. The molecule has 1 aromatic carbocycles. The summed E-state index contributed by atoms with van der Waals surface area (Å²) in [7, 11) is 0. The average Bonchev–Trinajstić information content (AvgIpc) is 2.71. The largest absolute Gasteiger partial charge is 0.490 e. The van der Waals surface area contributed by atoms with Crippen LogP contribution in [0.2, 0.25) is 0 Å². The van der Waals surface area contributed by atoms with Gasteiger partial charge in [0.15, 0.2) is 0 Å². The second-order valence-corrected chi connectivity index (χ2v) is 4.68. The van der Waals surface area contributed by atoms with E-state index in [1.165, 1.54) is 42.4 Å². The van der Waals surface area contributed by atoms with Crippen molar-refractivity contribution < 1.29 is 4.74 Å². The minimum Gasteiger partial charge on any atom is -0.490 e. The van der Waals surface area contributed by atoms with Crippen LogP contribution >= 0.6 is 0 Å². The van der Waals surface area contributed by atoms with E-state index in [4.69, 9.17) is 4.74 Å². The van der Waals surface area contributed by atoms with Crippen LogP contribution in [0, 0.1) is 20.8 Å². The molecule has 1 heteroatoms. The predicted octanol–water partition coefficient (Wildman–Crippen LogP) is 3.93. The Kier molecular flexibility index (Phi) is 2.99. The van der Waals surface area contributed by atoms with Crippen LogP contribution in [0.1, 0.15) is 42.4 Å². The van der Waals surface area contributed by atoms with Gasteiger partial charge in [0.1, 0.15) is 5.75 Å². The number of rotatable bonds is 2. The first kappa shape index (κ1) is 10.5. The van der Waals surface area contributed by atoms with E-state index >= 15 is 0 Å². The van der Waals surface area contributed by atoms with Crippen LogP contribution < -0.4 is 4.74 Å². The molecule has 1 fully saturated rings. The molecule has 15 heavy (non-hydrogen) atoms. The number of ether oxygens (including phenoxy) is 1. The van der Waals surface area contributed by atoms with Crippen molar-refractivity contribution in [3.63, 3.8) is 0 Å². The summed E-state index contributed by atoms with van der Waals surface area (Å²) in [5, 5.41) is 0. The lowest BCUT2D eigenvalue weighted by molar-refractivity contribution is 0.207. The molecule has 0 radical (unpaired) electrons. The van der Waals surface area contributed by atoms with Crippen LogP contribution in [0.3, 0.4) is 0 Å².